The Hall–Kier alpha value is -3.29. The molecule has 156 valence electrons. The summed E-state index contributed by atoms with van der Waals surface area (Å²) in [6.45, 7) is 1.17. The molecule has 1 aromatic heterocycles. The van der Waals surface area contributed by atoms with E-state index in [2.05, 4.69) is 15.3 Å². The van der Waals surface area contributed by atoms with Crippen molar-refractivity contribution in [2.24, 2.45) is 5.92 Å². The van der Waals surface area contributed by atoms with Crippen molar-refractivity contribution in [3.63, 3.8) is 0 Å². The van der Waals surface area contributed by atoms with E-state index in [1.54, 1.807) is 18.2 Å². The molecule has 0 saturated carbocycles. The number of rotatable bonds is 4. The maximum Gasteiger partial charge on any atom is 0.266 e. The fraction of sp³-hybridized carbons (Fsp3) is 0.318. The Kier molecular flexibility index (Phi) is 5.24. The Balaban J connectivity index is 1.45. The molecule has 1 saturated heterocycles. The normalized spacial score (nSPS) is 18.4. The van der Waals surface area contributed by atoms with Crippen LogP contribution in [0.3, 0.4) is 0 Å². The molecule has 0 spiro atoms. The number of alkyl halides is 2. The fourth-order valence-electron chi connectivity index (χ4n) is 3.69. The van der Waals surface area contributed by atoms with Crippen molar-refractivity contribution in [3.8, 4) is 0 Å². The van der Waals surface area contributed by atoms with Gasteiger partial charge in [0.1, 0.15) is 5.82 Å². The number of imidazole rings is 1. The first-order valence-electron chi connectivity index (χ1n) is 9.76. The van der Waals surface area contributed by atoms with Gasteiger partial charge in [0.05, 0.1) is 29.9 Å². The van der Waals surface area contributed by atoms with Crippen LogP contribution in [0.4, 0.5) is 14.5 Å². The highest BCUT2D eigenvalue weighted by atomic mass is 19.3. The second kappa shape index (κ2) is 7.85. The number of carbonyl (C=O) groups is 2. The Morgan fingerprint density at radius 1 is 1.20 bits per heavy atom. The lowest BCUT2D eigenvalue weighted by Crippen LogP contribution is -2.52. The van der Waals surface area contributed by atoms with Crippen LogP contribution in [0.25, 0.3) is 11.0 Å². The van der Waals surface area contributed by atoms with E-state index in [4.69, 9.17) is 0 Å². The van der Waals surface area contributed by atoms with Crippen LogP contribution in [-0.2, 0) is 16.0 Å². The largest absolute Gasteiger partial charge is 0.342 e. The van der Waals surface area contributed by atoms with E-state index in [9.17, 15) is 18.4 Å². The van der Waals surface area contributed by atoms with E-state index in [1.165, 1.54) is 0 Å². The van der Waals surface area contributed by atoms with Gasteiger partial charge in [-0.05, 0) is 31.2 Å². The summed E-state index contributed by atoms with van der Waals surface area (Å²) in [5.74, 6) is -4.70. The maximum absolute atomic E-state index is 14.3. The number of hydrogen-bond acceptors (Lipinski definition) is 3. The van der Waals surface area contributed by atoms with Gasteiger partial charge in [-0.15, -0.1) is 0 Å². The number of likely N-dealkylation sites (tertiary alicyclic amines) is 1. The number of aromatic nitrogens is 2. The third kappa shape index (κ3) is 4.48. The molecule has 2 N–H and O–H groups in total. The maximum atomic E-state index is 14.3. The van der Waals surface area contributed by atoms with Crippen LogP contribution < -0.4 is 5.32 Å². The number of hydrogen-bond donors (Lipinski definition) is 2. The summed E-state index contributed by atoms with van der Waals surface area (Å²) < 4.78 is 28.7. The third-order valence-electron chi connectivity index (χ3n) is 5.21. The van der Waals surface area contributed by atoms with E-state index >= 15 is 0 Å². The van der Waals surface area contributed by atoms with Crippen molar-refractivity contribution in [1.29, 1.82) is 0 Å². The zero-order valence-electron chi connectivity index (χ0n) is 16.5. The molecule has 4 rings (SSSR count). The molecule has 1 unspecified atom stereocenters. The van der Waals surface area contributed by atoms with Gasteiger partial charge in [-0.2, -0.15) is 0 Å². The van der Waals surface area contributed by atoms with Gasteiger partial charge in [-0.25, -0.2) is 13.8 Å². The first-order chi connectivity index (χ1) is 14.3. The van der Waals surface area contributed by atoms with Gasteiger partial charge in [0, 0.05) is 18.7 Å². The Morgan fingerprint density at radius 3 is 2.67 bits per heavy atom. The fourth-order valence-corrected chi connectivity index (χ4v) is 3.69. The summed E-state index contributed by atoms with van der Waals surface area (Å²) in [6.07, 6.45) is -0.712. The predicted octanol–water partition coefficient (Wildman–Crippen LogP) is 3.54. The highest BCUT2D eigenvalue weighted by Crippen LogP contribution is 2.31. The monoisotopic (exact) mass is 412 g/mol. The zero-order valence-corrected chi connectivity index (χ0v) is 16.5. The smallest absolute Gasteiger partial charge is 0.266 e. The lowest BCUT2D eigenvalue weighted by molar-refractivity contribution is -0.148. The average molecular weight is 412 g/mol. The number of halogens is 2. The van der Waals surface area contributed by atoms with E-state index in [-0.39, 0.29) is 13.0 Å². The molecule has 8 heteroatoms. The number of benzene rings is 2. The molecular formula is C22H22F2N4O2. The molecule has 2 amide bonds. The average Bonchev–Trinajstić information content (AvgIpc) is 3.10. The molecule has 0 bridgehead atoms. The first-order valence-corrected chi connectivity index (χ1v) is 9.76. The van der Waals surface area contributed by atoms with Gasteiger partial charge < -0.3 is 15.2 Å². The lowest BCUT2D eigenvalue weighted by Gasteiger charge is -2.36. The summed E-state index contributed by atoms with van der Waals surface area (Å²) in [6, 6.07) is 14.4. The van der Waals surface area contributed by atoms with E-state index in [0.717, 1.165) is 16.0 Å². The number of fused-ring (bicyclic) bond motifs is 1. The van der Waals surface area contributed by atoms with Crippen LogP contribution in [0.2, 0.25) is 0 Å². The Bertz CT molecular complexity index is 1050. The standard InChI is InChI=1S/C22H22F2N4O2/c1-14-6-8-16(9-7-14)25-21(30)15-11-22(23,24)13-28(12-15)20(29)10-19-26-17-4-2-3-5-18(17)27-19/h2-9,15H,10-13H2,1H3,(H,25,30)(H,26,27). The number of aryl methyl sites for hydroxylation is 1. The number of aromatic amines is 1. The number of nitrogens with zero attached hydrogens (tertiary/aromatic N) is 2. The van der Waals surface area contributed by atoms with Crippen LogP contribution in [0.5, 0.6) is 0 Å². The molecule has 1 aliphatic rings. The number of anilines is 1. The summed E-state index contributed by atoms with van der Waals surface area (Å²) in [5.41, 5.74) is 3.05. The molecule has 1 aliphatic heterocycles. The summed E-state index contributed by atoms with van der Waals surface area (Å²) >= 11 is 0. The minimum absolute atomic E-state index is 0.0493. The number of H-pyrrole nitrogens is 1. The number of carbonyl (C=O) groups excluding carboxylic acids is 2. The van der Waals surface area contributed by atoms with Crippen molar-refractivity contribution in [3.05, 3.63) is 59.9 Å². The first kappa shape index (κ1) is 20.0. The predicted molar refractivity (Wildman–Crippen MR) is 109 cm³/mol. The second-order valence-electron chi connectivity index (χ2n) is 7.76. The number of nitrogens with one attached hydrogen (secondary N) is 2. The van der Waals surface area contributed by atoms with E-state index in [1.807, 2.05) is 37.3 Å². The topological polar surface area (TPSA) is 78.1 Å². The van der Waals surface area contributed by atoms with Crippen LogP contribution in [0.1, 0.15) is 17.8 Å². The molecule has 2 heterocycles. The molecule has 3 aromatic rings. The Morgan fingerprint density at radius 2 is 1.93 bits per heavy atom. The number of para-hydroxylation sites is 2. The molecule has 0 aliphatic carbocycles. The van der Waals surface area contributed by atoms with Crippen molar-refractivity contribution >= 4 is 28.5 Å². The van der Waals surface area contributed by atoms with E-state index < -0.39 is 36.6 Å². The SMILES string of the molecule is Cc1ccc(NC(=O)C2CN(C(=O)Cc3nc4ccccc4[nH]3)CC(F)(F)C2)cc1. The van der Waals surface area contributed by atoms with Crippen LogP contribution in [0, 0.1) is 12.8 Å². The summed E-state index contributed by atoms with van der Waals surface area (Å²) in [5, 5.41) is 2.67. The lowest BCUT2D eigenvalue weighted by atomic mass is 9.94. The molecule has 30 heavy (non-hydrogen) atoms. The number of piperidine rings is 1. The summed E-state index contributed by atoms with van der Waals surface area (Å²) in [7, 11) is 0. The van der Waals surface area contributed by atoms with Crippen molar-refractivity contribution in [2.45, 2.75) is 25.7 Å². The van der Waals surface area contributed by atoms with Crippen LogP contribution >= 0.6 is 0 Å². The van der Waals surface area contributed by atoms with Crippen LogP contribution in [-0.4, -0.2) is 45.7 Å². The van der Waals surface area contributed by atoms with Gasteiger partial charge in [-0.1, -0.05) is 29.8 Å². The molecular weight excluding hydrogens is 390 g/mol. The van der Waals surface area contributed by atoms with Gasteiger partial charge >= 0.3 is 0 Å². The minimum atomic E-state index is -3.13. The van der Waals surface area contributed by atoms with Crippen molar-refractivity contribution in [2.75, 3.05) is 18.4 Å². The van der Waals surface area contributed by atoms with Gasteiger partial charge in [0.2, 0.25) is 11.8 Å². The molecule has 2 aromatic carbocycles. The third-order valence-corrected chi connectivity index (χ3v) is 5.21. The van der Waals surface area contributed by atoms with Crippen molar-refractivity contribution in [1.82, 2.24) is 14.9 Å². The second-order valence-corrected chi connectivity index (χ2v) is 7.76. The zero-order chi connectivity index (χ0) is 21.3. The molecule has 0 radical (unpaired) electrons. The highest BCUT2D eigenvalue weighted by molar-refractivity contribution is 5.93. The Labute approximate surface area is 172 Å². The van der Waals surface area contributed by atoms with Gasteiger partial charge in [0.15, 0.2) is 0 Å². The van der Waals surface area contributed by atoms with Gasteiger partial charge in [0.25, 0.3) is 5.92 Å². The quantitative estimate of drug-likeness (QED) is 0.688. The van der Waals surface area contributed by atoms with Crippen LogP contribution in [0.15, 0.2) is 48.5 Å². The number of amides is 2. The molecule has 1 atom stereocenters. The summed E-state index contributed by atoms with van der Waals surface area (Å²) in [4.78, 5) is 33.7. The highest BCUT2D eigenvalue weighted by Gasteiger charge is 2.44. The minimum Gasteiger partial charge on any atom is -0.342 e. The van der Waals surface area contributed by atoms with E-state index in [0.29, 0.717) is 17.0 Å². The van der Waals surface area contributed by atoms with Gasteiger partial charge in [-0.3, -0.25) is 9.59 Å². The van der Waals surface area contributed by atoms with Crippen molar-refractivity contribution < 1.29 is 18.4 Å². The molecule has 6 nitrogen and oxygen atoms in total. The molecule has 1 fully saturated rings.